The number of carbonyl (C=O) groups is 1. The Morgan fingerprint density at radius 3 is 1.95 bits per heavy atom. The molecule has 2 aromatic rings. The quantitative estimate of drug-likeness (QED) is 0.573. The van der Waals surface area contributed by atoms with Gasteiger partial charge in [0.15, 0.2) is 5.78 Å². The molecule has 0 heterocycles. The number of ketones is 1. The summed E-state index contributed by atoms with van der Waals surface area (Å²) in [6.07, 6.45) is 1.26. The van der Waals surface area contributed by atoms with E-state index in [1.165, 1.54) is 18.2 Å². The molecule has 0 aromatic heterocycles. The van der Waals surface area contributed by atoms with E-state index in [1.54, 1.807) is 48.5 Å². The fraction of sp³-hybridized carbons (Fsp3) is 0.0625. The second-order valence-corrected chi connectivity index (χ2v) is 5.27. The lowest BCUT2D eigenvalue weighted by atomic mass is 10.1. The van der Waals surface area contributed by atoms with Gasteiger partial charge in [-0.15, -0.1) is 0 Å². The highest BCUT2D eigenvalue weighted by Gasteiger charge is 2.33. The van der Waals surface area contributed by atoms with E-state index in [2.05, 4.69) is 0 Å². The Morgan fingerprint density at radius 1 is 0.905 bits per heavy atom. The number of rotatable bonds is 4. The molecule has 0 N–H and O–H groups in total. The highest BCUT2D eigenvalue weighted by atomic mass is 32.2. The summed E-state index contributed by atoms with van der Waals surface area (Å²) in [4.78, 5) is 11.9. The maximum absolute atomic E-state index is 12.7. The van der Waals surface area contributed by atoms with Crippen LogP contribution >= 0.6 is 11.8 Å². The van der Waals surface area contributed by atoms with Crippen molar-refractivity contribution in [3.05, 3.63) is 76.7 Å². The van der Waals surface area contributed by atoms with E-state index in [0.717, 1.165) is 0 Å². The van der Waals surface area contributed by atoms with Gasteiger partial charge in [-0.1, -0.05) is 60.7 Å². The van der Waals surface area contributed by atoms with Crippen molar-refractivity contribution in [2.45, 2.75) is 5.51 Å². The largest absolute Gasteiger partial charge is 0.446 e. The predicted octanol–water partition coefficient (Wildman–Crippen LogP) is 5.16. The van der Waals surface area contributed by atoms with Crippen molar-refractivity contribution in [3.8, 4) is 0 Å². The van der Waals surface area contributed by atoms with E-state index in [4.69, 9.17) is 0 Å². The van der Waals surface area contributed by atoms with Gasteiger partial charge in [0.05, 0.1) is 4.91 Å². The summed E-state index contributed by atoms with van der Waals surface area (Å²) in [5.74, 6) is -0.637. The second kappa shape index (κ2) is 6.63. The molecule has 0 aliphatic heterocycles. The van der Waals surface area contributed by atoms with Gasteiger partial charge >= 0.3 is 5.51 Å². The molecule has 1 nitrogen and oxygen atoms in total. The number of halogens is 3. The van der Waals surface area contributed by atoms with Crippen molar-refractivity contribution in [2.24, 2.45) is 0 Å². The van der Waals surface area contributed by atoms with E-state index in [-0.39, 0.29) is 22.2 Å². The maximum Gasteiger partial charge on any atom is 0.446 e. The third-order valence-electron chi connectivity index (χ3n) is 2.58. The SMILES string of the molecule is O=C(C(=Cc1ccccc1)SC(F)(F)F)c1ccccc1. The number of benzene rings is 2. The monoisotopic (exact) mass is 308 g/mol. The maximum atomic E-state index is 12.7. The van der Waals surface area contributed by atoms with Gasteiger partial charge in [-0.05, 0) is 23.4 Å². The molecule has 108 valence electrons. The summed E-state index contributed by atoms with van der Waals surface area (Å²) >= 11 is -0.389. The van der Waals surface area contributed by atoms with Crippen LogP contribution in [0.5, 0.6) is 0 Å². The number of Topliss-reactive ketones (excluding diaryl/α,β-unsaturated/α-hetero) is 1. The van der Waals surface area contributed by atoms with Gasteiger partial charge in [-0.3, -0.25) is 4.79 Å². The molecule has 2 rings (SSSR count). The molecule has 0 saturated heterocycles. The van der Waals surface area contributed by atoms with Crippen molar-refractivity contribution in [3.63, 3.8) is 0 Å². The first kappa shape index (κ1) is 15.4. The summed E-state index contributed by atoms with van der Waals surface area (Å²) in [5, 5.41) is 0. The molecule has 0 spiro atoms. The van der Waals surface area contributed by atoms with Crippen LogP contribution in [0.25, 0.3) is 6.08 Å². The van der Waals surface area contributed by atoms with Gasteiger partial charge in [-0.25, -0.2) is 0 Å². The summed E-state index contributed by atoms with van der Waals surface area (Å²) in [5.41, 5.74) is -3.73. The Morgan fingerprint density at radius 2 is 1.43 bits per heavy atom. The Kier molecular flexibility index (Phi) is 4.85. The van der Waals surface area contributed by atoms with Crippen LogP contribution in [-0.2, 0) is 0 Å². The molecule has 0 saturated carbocycles. The lowest BCUT2D eigenvalue weighted by Gasteiger charge is -2.09. The zero-order valence-corrected chi connectivity index (χ0v) is 11.6. The molecule has 21 heavy (non-hydrogen) atoms. The molecular weight excluding hydrogens is 297 g/mol. The van der Waals surface area contributed by atoms with Crippen LogP contribution in [0.1, 0.15) is 15.9 Å². The predicted molar refractivity (Wildman–Crippen MR) is 78.8 cm³/mol. The number of hydrogen-bond donors (Lipinski definition) is 0. The molecule has 0 radical (unpaired) electrons. The molecule has 0 bridgehead atoms. The van der Waals surface area contributed by atoms with Crippen LogP contribution in [0, 0.1) is 0 Å². The fourth-order valence-corrected chi connectivity index (χ4v) is 2.35. The first-order chi connectivity index (χ1) is 9.96. The first-order valence-electron chi connectivity index (χ1n) is 6.08. The smallest absolute Gasteiger partial charge is 0.288 e. The standard InChI is InChI=1S/C16H11F3OS/c17-16(18,19)21-14(11-12-7-3-1-4-8-12)15(20)13-9-5-2-6-10-13/h1-11H. The number of alkyl halides is 3. The van der Waals surface area contributed by atoms with Crippen molar-refractivity contribution >= 4 is 23.6 Å². The van der Waals surface area contributed by atoms with Gasteiger partial charge in [0.25, 0.3) is 0 Å². The van der Waals surface area contributed by atoms with Gasteiger partial charge in [0.2, 0.25) is 0 Å². The number of hydrogen-bond acceptors (Lipinski definition) is 2. The highest BCUT2D eigenvalue weighted by molar-refractivity contribution is 8.05. The molecular formula is C16H11F3OS. The van der Waals surface area contributed by atoms with Gasteiger partial charge in [-0.2, -0.15) is 13.2 Å². The topological polar surface area (TPSA) is 17.1 Å². The molecule has 0 aliphatic rings. The third kappa shape index (κ3) is 4.79. The molecule has 0 unspecified atom stereocenters. The van der Waals surface area contributed by atoms with Gasteiger partial charge in [0, 0.05) is 5.56 Å². The molecule has 0 fully saturated rings. The second-order valence-electron chi connectivity index (χ2n) is 4.16. The number of carbonyl (C=O) groups excluding carboxylic acids is 1. The number of allylic oxidation sites excluding steroid dienone is 1. The summed E-state index contributed by atoms with van der Waals surface area (Å²) in [7, 11) is 0. The first-order valence-corrected chi connectivity index (χ1v) is 6.89. The Bertz CT molecular complexity index is 634. The van der Waals surface area contributed by atoms with E-state index in [9.17, 15) is 18.0 Å². The molecule has 2 aromatic carbocycles. The zero-order valence-electron chi connectivity index (χ0n) is 10.8. The normalized spacial score (nSPS) is 12.2. The Hall–Kier alpha value is -2.01. The van der Waals surface area contributed by atoms with Gasteiger partial charge < -0.3 is 0 Å². The van der Waals surface area contributed by atoms with E-state index in [1.807, 2.05) is 0 Å². The minimum absolute atomic E-state index is 0.233. The Labute approximate surface area is 124 Å². The van der Waals surface area contributed by atoms with E-state index < -0.39 is 11.3 Å². The Balaban J connectivity index is 2.37. The third-order valence-corrected chi connectivity index (χ3v) is 3.34. The van der Waals surface area contributed by atoms with E-state index >= 15 is 0 Å². The molecule has 0 aliphatic carbocycles. The fourth-order valence-electron chi connectivity index (χ4n) is 1.70. The van der Waals surface area contributed by atoms with Crippen LogP contribution in [0.15, 0.2) is 65.6 Å². The minimum Gasteiger partial charge on any atom is -0.288 e. The molecule has 0 atom stereocenters. The van der Waals surface area contributed by atoms with Crippen molar-refractivity contribution in [2.75, 3.05) is 0 Å². The molecule has 5 heteroatoms. The van der Waals surface area contributed by atoms with Crippen molar-refractivity contribution in [1.82, 2.24) is 0 Å². The van der Waals surface area contributed by atoms with Gasteiger partial charge in [0.1, 0.15) is 0 Å². The summed E-state index contributed by atoms with van der Waals surface area (Å²) < 4.78 is 38.0. The highest BCUT2D eigenvalue weighted by Crippen LogP contribution is 2.38. The van der Waals surface area contributed by atoms with Crippen molar-refractivity contribution < 1.29 is 18.0 Å². The van der Waals surface area contributed by atoms with Crippen LogP contribution in [0.2, 0.25) is 0 Å². The average Bonchev–Trinajstić information content (AvgIpc) is 2.46. The lowest BCUT2D eigenvalue weighted by molar-refractivity contribution is -0.0322. The van der Waals surface area contributed by atoms with Crippen LogP contribution < -0.4 is 0 Å². The summed E-state index contributed by atoms with van der Waals surface area (Å²) in [6.45, 7) is 0. The number of thioether (sulfide) groups is 1. The minimum atomic E-state index is -4.51. The summed E-state index contributed by atoms with van der Waals surface area (Å²) in [6, 6.07) is 16.4. The van der Waals surface area contributed by atoms with E-state index in [0.29, 0.717) is 5.56 Å². The van der Waals surface area contributed by atoms with Crippen LogP contribution in [0.3, 0.4) is 0 Å². The lowest BCUT2D eigenvalue weighted by Crippen LogP contribution is -2.07. The average molecular weight is 308 g/mol. The van der Waals surface area contributed by atoms with Crippen molar-refractivity contribution in [1.29, 1.82) is 0 Å². The molecule has 0 amide bonds. The van der Waals surface area contributed by atoms with Crippen LogP contribution in [-0.4, -0.2) is 11.3 Å². The van der Waals surface area contributed by atoms with Crippen LogP contribution in [0.4, 0.5) is 13.2 Å². The zero-order chi connectivity index (χ0) is 15.3.